The second-order valence-corrected chi connectivity index (χ2v) is 3.09. The van der Waals surface area contributed by atoms with E-state index in [9.17, 15) is 5.11 Å². The number of phenolic OH excluding ortho intramolecular Hbond substituents is 1. The fourth-order valence-corrected chi connectivity index (χ4v) is 1.11. The average Bonchev–Trinajstić information content (AvgIpc) is 2.31. The molecular weight excluding hydrogens is 208 g/mol. The summed E-state index contributed by atoms with van der Waals surface area (Å²) < 4.78 is 9.84. The van der Waals surface area contributed by atoms with Crippen LogP contribution in [0.2, 0.25) is 0 Å². The maximum atomic E-state index is 9.37. The van der Waals surface area contributed by atoms with Crippen molar-refractivity contribution in [2.45, 2.75) is 0 Å². The third kappa shape index (κ3) is 3.78. The molecule has 0 aliphatic carbocycles. The molecule has 5 nitrogen and oxygen atoms in total. The second kappa shape index (κ2) is 6.68. The zero-order valence-corrected chi connectivity index (χ0v) is 9.43. The molecular formula is C11H16N2O3. The number of hydrazone groups is 1. The van der Waals surface area contributed by atoms with Crippen molar-refractivity contribution in [1.29, 1.82) is 0 Å². The first-order valence-corrected chi connectivity index (χ1v) is 4.89. The van der Waals surface area contributed by atoms with Crippen LogP contribution in [0.4, 0.5) is 0 Å². The quantitative estimate of drug-likeness (QED) is 0.429. The molecule has 0 aromatic heterocycles. The Balaban J connectivity index is 2.53. The summed E-state index contributed by atoms with van der Waals surface area (Å²) in [6, 6.07) is 5.02. The van der Waals surface area contributed by atoms with Crippen molar-refractivity contribution in [3.05, 3.63) is 23.8 Å². The summed E-state index contributed by atoms with van der Waals surface area (Å²) in [5, 5.41) is 13.4. The van der Waals surface area contributed by atoms with Crippen molar-refractivity contribution < 1.29 is 14.6 Å². The largest absolute Gasteiger partial charge is 0.504 e. The van der Waals surface area contributed by atoms with E-state index in [1.54, 1.807) is 31.5 Å². The van der Waals surface area contributed by atoms with E-state index in [-0.39, 0.29) is 5.75 Å². The van der Waals surface area contributed by atoms with E-state index >= 15 is 0 Å². The Hall–Kier alpha value is -1.75. The first-order chi connectivity index (χ1) is 7.77. The van der Waals surface area contributed by atoms with Crippen LogP contribution >= 0.6 is 0 Å². The molecule has 0 aliphatic heterocycles. The Kier molecular flexibility index (Phi) is 5.15. The van der Waals surface area contributed by atoms with E-state index in [1.807, 2.05) is 0 Å². The second-order valence-electron chi connectivity index (χ2n) is 3.09. The summed E-state index contributed by atoms with van der Waals surface area (Å²) >= 11 is 0. The number of nitrogens with zero attached hydrogens (tertiary/aromatic N) is 1. The smallest absolute Gasteiger partial charge is 0.161 e. The van der Waals surface area contributed by atoms with Gasteiger partial charge in [0, 0.05) is 7.11 Å². The lowest BCUT2D eigenvalue weighted by Crippen LogP contribution is -2.12. The van der Waals surface area contributed by atoms with Crippen LogP contribution in [0.3, 0.4) is 0 Å². The molecule has 0 radical (unpaired) electrons. The van der Waals surface area contributed by atoms with Crippen molar-refractivity contribution in [3.63, 3.8) is 0 Å². The molecule has 1 aromatic rings. The van der Waals surface area contributed by atoms with Gasteiger partial charge in [-0.05, 0) is 23.8 Å². The number of hydrogen-bond donors (Lipinski definition) is 2. The number of rotatable bonds is 6. The fourth-order valence-electron chi connectivity index (χ4n) is 1.11. The van der Waals surface area contributed by atoms with E-state index < -0.39 is 0 Å². The standard InChI is InChI=1S/C11H16N2O3/c1-15-6-5-12-13-8-9-3-4-10(14)11(7-9)16-2/h3-4,7-8,12,14H,5-6H2,1-2H3/b13-8+. The van der Waals surface area contributed by atoms with Crippen LogP contribution in [0.1, 0.15) is 5.56 Å². The van der Waals surface area contributed by atoms with Crippen LogP contribution in [0.25, 0.3) is 0 Å². The predicted molar refractivity (Wildman–Crippen MR) is 62.1 cm³/mol. The minimum Gasteiger partial charge on any atom is -0.504 e. The highest BCUT2D eigenvalue weighted by atomic mass is 16.5. The molecule has 0 amide bonds. The van der Waals surface area contributed by atoms with Gasteiger partial charge < -0.3 is 20.0 Å². The van der Waals surface area contributed by atoms with Gasteiger partial charge in [-0.15, -0.1) is 0 Å². The summed E-state index contributed by atoms with van der Waals surface area (Å²) in [5.74, 6) is 0.549. The van der Waals surface area contributed by atoms with Crippen molar-refractivity contribution >= 4 is 6.21 Å². The summed E-state index contributed by atoms with van der Waals surface area (Å²) in [6.07, 6.45) is 1.65. The van der Waals surface area contributed by atoms with Gasteiger partial charge in [0.1, 0.15) is 0 Å². The van der Waals surface area contributed by atoms with Crippen LogP contribution < -0.4 is 10.2 Å². The van der Waals surface area contributed by atoms with Gasteiger partial charge in [-0.2, -0.15) is 5.10 Å². The lowest BCUT2D eigenvalue weighted by molar-refractivity contribution is 0.200. The Labute approximate surface area is 94.7 Å². The summed E-state index contributed by atoms with van der Waals surface area (Å²) in [5.41, 5.74) is 3.67. The van der Waals surface area contributed by atoms with Gasteiger partial charge in [0.05, 0.1) is 26.5 Å². The predicted octanol–water partition coefficient (Wildman–Crippen LogP) is 0.971. The molecule has 0 saturated carbocycles. The molecule has 0 saturated heterocycles. The summed E-state index contributed by atoms with van der Waals surface area (Å²) in [7, 11) is 3.14. The lowest BCUT2D eigenvalue weighted by atomic mass is 10.2. The maximum absolute atomic E-state index is 9.37. The number of phenols is 1. The Morgan fingerprint density at radius 2 is 2.25 bits per heavy atom. The van der Waals surface area contributed by atoms with Crippen LogP contribution in [0.5, 0.6) is 11.5 Å². The van der Waals surface area contributed by atoms with E-state index in [2.05, 4.69) is 10.5 Å². The molecule has 0 aliphatic rings. The minimum absolute atomic E-state index is 0.118. The number of nitrogens with one attached hydrogen (secondary N) is 1. The molecule has 88 valence electrons. The lowest BCUT2D eigenvalue weighted by Gasteiger charge is -2.03. The first-order valence-electron chi connectivity index (χ1n) is 4.89. The fraction of sp³-hybridized carbons (Fsp3) is 0.364. The molecule has 0 spiro atoms. The van der Waals surface area contributed by atoms with Gasteiger partial charge in [0.25, 0.3) is 0 Å². The van der Waals surface area contributed by atoms with Crippen molar-refractivity contribution in [2.24, 2.45) is 5.10 Å². The zero-order valence-electron chi connectivity index (χ0n) is 9.43. The molecule has 0 atom stereocenters. The topological polar surface area (TPSA) is 63.1 Å². The Morgan fingerprint density at radius 1 is 1.44 bits per heavy atom. The Morgan fingerprint density at radius 3 is 2.94 bits per heavy atom. The summed E-state index contributed by atoms with van der Waals surface area (Å²) in [6.45, 7) is 1.26. The highest BCUT2D eigenvalue weighted by Gasteiger charge is 2.00. The number of hydrogen-bond acceptors (Lipinski definition) is 5. The number of benzene rings is 1. The van der Waals surface area contributed by atoms with Gasteiger partial charge in [-0.3, -0.25) is 0 Å². The molecule has 2 N–H and O–H groups in total. The SMILES string of the molecule is COCCN/N=C/c1ccc(O)c(OC)c1. The number of methoxy groups -OCH3 is 2. The first kappa shape index (κ1) is 12.3. The number of aromatic hydroxyl groups is 1. The molecule has 0 heterocycles. The molecule has 0 unspecified atom stereocenters. The molecule has 1 rings (SSSR count). The van der Waals surface area contributed by atoms with Crippen LogP contribution in [0.15, 0.2) is 23.3 Å². The van der Waals surface area contributed by atoms with Gasteiger partial charge in [0.2, 0.25) is 0 Å². The van der Waals surface area contributed by atoms with Crippen molar-refractivity contribution in [1.82, 2.24) is 5.43 Å². The molecule has 5 heteroatoms. The third-order valence-electron chi connectivity index (χ3n) is 1.93. The third-order valence-corrected chi connectivity index (χ3v) is 1.93. The van der Waals surface area contributed by atoms with E-state index in [0.717, 1.165) is 5.56 Å². The highest BCUT2D eigenvalue weighted by molar-refractivity contribution is 5.80. The van der Waals surface area contributed by atoms with Gasteiger partial charge >= 0.3 is 0 Å². The van der Waals surface area contributed by atoms with Crippen LogP contribution in [0, 0.1) is 0 Å². The minimum atomic E-state index is 0.118. The molecule has 16 heavy (non-hydrogen) atoms. The highest BCUT2D eigenvalue weighted by Crippen LogP contribution is 2.25. The average molecular weight is 224 g/mol. The molecule has 0 fully saturated rings. The van der Waals surface area contributed by atoms with Crippen molar-refractivity contribution in [2.75, 3.05) is 27.4 Å². The monoisotopic (exact) mass is 224 g/mol. The Bertz CT molecular complexity index is 353. The molecule has 1 aromatic carbocycles. The van der Waals surface area contributed by atoms with Gasteiger partial charge in [-0.25, -0.2) is 0 Å². The zero-order chi connectivity index (χ0) is 11.8. The van der Waals surface area contributed by atoms with Crippen molar-refractivity contribution in [3.8, 4) is 11.5 Å². The van der Waals surface area contributed by atoms with E-state index in [0.29, 0.717) is 18.9 Å². The molecule has 0 bridgehead atoms. The van der Waals surface area contributed by atoms with Crippen LogP contribution in [-0.2, 0) is 4.74 Å². The normalized spacial score (nSPS) is 10.6. The van der Waals surface area contributed by atoms with Gasteiger partial charge in [-0.1, -0.05) is 0 Å². The van der Waals surface area contributed by atoms with Gasteiger partial charge in [0.15, 0.2) is 11.5 Å². The van der Waals surface area contributed by atoms with E-state index in [4.69, 9.17) is 9.47 Å². The van der Waals surface area contributed by atoms with E-state index in [1.165, 1.54) is 7.11 Å². The maximum Gasteiger partial charge on any atom is 0.161 e. The summed E-state index contributed by atoms with van der Waals surface area (Å²) in [4.78, 5) is 0. The number of ether oxygens (including phenoxy) is 2. The van der Waals surface area contributed by atoms with Crippen LogP contribution in [-0.4, -0.2) is 38.7 Å².